The topological polar surface area (TPSA) is 94.4 Å². The lowest BCUT2D eigenvalue weighted by Gasteiger charge is -2.24. The summed E-state index contributed by atoms with van der Waals surface area (Å²) in [6.07, 6.45) is -2.83. The number of halogens is 1. The largest absolute Gasteiger partial charge is 0.459 e. The van der Waals surface area contributed by atoms with Crippen molar-refractivity contribution < 1.29 is 33.4 Å². The SMILES string of the molecule is CCCCON=C[C@@H](F)[C@H](OC(=O)c1ccccc1)[C@H](O)COC(=O)c1ccccc1. The predicted molar refractivity (Wildman–Crippen MR) is 113 cm³/mol. The molecule has 0 aliphatic carbocycles. The maximum absolute atomic E-state index is 14.7. The lowest BCUT2D eigenvalue weighted by atomic mass is 10.1. The van der Waals surface area contributed by atoms with E-state index in [0.717, 1.165) is 19.1 Å². The highest BCUT2D eigenvalue weighted by Crippen LogP contribution is 2.14. The molecule has 2 rings (SSSR count). The van der Waals surface area contributed by atoms with Gasteiger partial charge in [-0.05, 0) is 30.7 Å². The Labute approximate surface area is 180 Å². The van der Waals surface area contributed by atoms with Crippen LogP contribution in [0.25, 0.3) is 0 Å². The van der Waals surface area contributed by atoms with E-state index in [1.807, 2.05) is 6.92 Å². The van der Waals surface area contributed by atoms with Crippen LogP contribution in [0.3, 0.4) is 0 Å². The minimum Gasteiger partial charge on any atom is -0.459 e. The average Bonchev–Trinajstić information content (AvgIpc) is 2.81. The van der Waals surface area contributed by atoms with Gasteiger partial charge in [0.2, 0.25) is 0 Å². The summed E-state index contributed by atoms with van der Waals surface area (Å²) in [6, 6.07) is 16.1. The van der Waals surface area contributed by atoms with Gasteiger partial charge in [-0.1, -0.05) is 54.9 Å². The van der Waals surface area contributed by atoms with E-state index < -0.39 is 36.9 Å². The molecule has 166 valence electrons. The van der Waals surface area contributed by atoms with Gasteiger partial charge in [0.05, 0.1) is 17.3 Å². The number of unbranched alkanes of at least 4 members (excludes halogenated alkanes) is 1. The fraction of sp³-hybridized carbons (Fsp3) is 0.348. The number of rotatable bonds is 12. The van der Waals surface area contributed by atoms with Crippen molar-refractivity contribution in [1.29, 1.82) is 0 Å². The molecule has 0 amide bonds. The van der Waals surface area contributed by atoms with Crippen LogP contribution >= 0.6 is 0 Å². The highest BCUT2D eigenvalue weighted by molar-refractivity contribution is 5.90. The van der Waals surface area contributed by atoms with Gasteiger partial charge >= 0.3 is 11.9 Å². The molecule has 8 heteroatoms. The second-order valence-corrected chi connectivity index (χ2v) is 6.65. The molecule has 7 nitrogen and oxygen atoms in total. The summed E-state index contributed by atoms with van der Waals surface area (Å²) in [5, 5.41) is 13.9. The van der Waals surface area contributed by atoms with Crippen LogP contribution in [0.5, 0.6) is 0 Å². The Morgan fingerprint density at radius 1 is 1.03 bits per heavy atom. The zero-order valence-electron chi connectivity index (χ0n) is 17.2. The first-order chi connectivity index (χ1) is 15.0. The van der Waals surface area contributed by atoms with Gasteiger partial charge in [-0.3, -0.25) is 0 Å². The summed E-state index contributed by atoms with van der Waals surface area (Å²) in [6.45, 7) is 1.70. The Morgan fingerprint density at radius 3 is 2.19 bits per heavy atom. The number of ether oxygens (including phenoxy) is 2. The second kappa shape index (κ2) is 13.1. The van der Waals surface area contributed by atoms with Crippen molar-refractivity contribution >= 4 is 18.2 Å². The van der Waals surface area contributed by atoms with Crippen molar-refractivity contribution in [2.24, 2.45) is 5.16 Å². The fourth-order valence-corrected chi connectivity index (χ4v) is 2.48. The molecule has 0 aromatic heterocycles. The monoisotopic (exact) mass is 431 g/mol. The Morgan fingerprint density at radius 2 is 1.61 bits per heavy atom. The fourth-order valence-electron chi connectivity index (χ4n) is 2.48. The highest BCUT2D eigenvalue weighted by Gasteiger charge is 2.33. The summed E-state index contributed by atoms with van der Waals surface area (Å²) in [4.78, 5) is 29.4. The second-order valence-electron chi connectivity index (χ2n) is 6.65. The quantitative estimate of drug-likeness (QED) is 0.239. The minimum atomic E-state index is -1.99. The number of carbonyl (C=O) groups is 2. The van der Waals surface area contributed by atoms with Crippen LogP contribution in [0.1, 0.15) is 40.5 Å². The zero-order valence-corrected chi connectivity index (χ0v) is 17.2. The van der Waals surface area contributed by atoms with Crippen molar-refractivity contribution in [3.05, 3.63) is 71.8 Å². The zero-order chi connectivity index (χ0) is 22.5. The van der Waals surface area contributed by atoms with Crippen molar-refractivity contribution in [2.45, 2.75) is 38.1 Å². The van der Waals surface area contributed by atoms with Gasteiger partial charge in [-0.15, -0.1) is 0 Å². The van der Waals surface area contributed by atoms with E-state index in [9.17, 15) is 19.1 Å². The first kappa shape index (κ1) is 24.0. The number of nitrogens with zero attached hydrogens (tertiary/aromatic N) is 1. The molecule has 0 aliphatic heterocycles. The summed E-state index contributed by atoms with van der Waals surface area (Å²) in [5.74, 6) is -1.53. The molecule has 0 saturated heterocycles. The van der Waals surface area contributed by atoms with Gasteiger partial charge in [0.25, 0.3) is 0 Å². The molecule has 0 heterocycles. The molecule has 0 bridgehead atoms. The molecule has 0 saturated carbocycles. The number of alkyl halides is 1. The standard InChI is InChI=1S/C23H26FNO6/c1-2-3-14-30-25-15-19(24)21(31-23(28)18-12-8-5-9-13-18)20(26)16-29-22(27)17-10-6-4-7-11-17/h4-13,15,19-21,26H,2-3,14,16H2,1H3/t19-,20-,21+/m1/s1. The number of hydrogen-bond acceptors (Lipinski definition) is 7. The van der Waals surface area contributed by atoms with E-state index in [1.54, 1.807) is 48.5 Å². The van der Waals surface area contributed by atoms with Crippen molar-refractivity contribution in [1.82, 2.24) is 0 Å². The third-order valence-corrected chi connectivity index (χ3v) is 4.21. The van der Waals surface area contributed by atoms with Crippen LogP contribution < -0.4 is 0 Å². The molecule has 0 unspecified atom stereocenters. The summed E-state index contributed by atoms with van der Waals surface area (Å²) in [5.41, 5.74) is 0.458. The summed E-state index contributed by atoms with van der Waals surface area (Å²) >= 11 is 0. The molecule has 0 spiro atoms. The molecule has 0 aliphatic rings. The van der Waals surface area contributed by atoms with Gasteiger partial charge in [0, 0.05) is 0 Å². The number of aliphatic hydroxyl groups is 1. The Hall–Kier alpha value is -3.26. The van der Waals surface area contributed by atoms with E-state index in [0.29, 0.717) is 6.61 Å². The molecular formula is C23H26FNO6. The summed E-state index contributed by atoms with van der Waals surface area (Å²) in [7, 11) is 0. The number of oxime groups is 1. The molecule has 2 aromatic carbocycles. The van der Waals surface area contributed by atoms with E-state index in [-0.39, 0.29) is 11.1 Å². The predicted octanol–water partition coefficient (Wildman–Crippen LogP) is 3.57. The maximum Gasteiger partial charge on any atom is 0.338 e. The first-order valence-corrected chi connectivity index (χ1v) is 9.98. The smallest absolute Gasteiger partial charge is 0.338 e. The molecule has 0 radical (unpaired) electrons. The maximum atomic E-state index is 14.7. The van der Waals surface area contributed by atoms with Crippen LogP contribution in [-0.4, -0.2) is 54.9 Å². The Kier molecular flexibility index (Phi) is 10.2. The first-order valence-electron chi connectivity index (χ1n) is 9.98. The van der Waals surface area contributed by atoms with Crippen molar-refractivity contribution in [2.75, 3.05) is 13.2 Å². The molecule has 0 fully saturated rings. The van der Waals surface area contributed by atoms with E-state index in [4.69, 9.17) is 14.3 Å². The highest BCUT2D eigenvalue weighted by atomic mass is 19.1. The molecule has 1 N–H and O–H groups in total. The van der Waals surface area contributed by atoms with E-state index in [2.05, 4.69) is 5.16 Å². The normalized spacial score (nSPS) is 13.9. The lowest BCUT2D eigenvalue weighted by molar-refractivity contribution is -0.0595. The number of esters is 2. The molecule has 3 atom stereocenters. The summed E-state index contributed by atoms with van der Waals surface area (Å²) < 4.78 is 25.0. The third kappa shape index (κ3) is 8.18. The van der Waals surface area contributed by atoms with Crippen LogP contribution in [-0.2, 0) is 14.3 Å². The average molecular weight is 431 g/mol. The van der Waals surface area contributed by atoms with Crippen molar-refractivity contribution in [3.8, 4) is 0 Å². The van der Waals surface area contributed by atoms with Gasteiger partial charge in [0.15, 0.2) is 12.3 Å². The van der Waals surface area contributed by atoms with Crippen LogP contribution in [0.2, 0.25) is 0 Å². The number of aliphatic hydroxyl groups excluding tert-OH is 1. The minimum absolute atomic E-state index is 0.185. The number of benzene rings is 2. The van der Waals surface area contributed by atoms with Crippen LogP contribution in [0.4, 0.5) is 4.39 Å². The van der Waals surface area contributed by atoms with E-state index in [1.165, 1.54) is 12.1 Å². The Balaban J connectivity index is 2.04. The van der Waals surface area contributed by atoms with Gasteiger partial charge in [0.1, 0.15) is 19.3 Å². The van der Waals surface area contributed by atoms with Gasteiger partial charge < -0.3 is 19.4 Å². The van der Waals surface area contributed by atoms with Gasteiger partial charge in [-0.2, -0.15) is 0 Å². The van der Waals surface area contributed by atoms with Crippen LogP contribution in [0.15, 0.2) is 65.8 Å². The molecule has 2 aromatic rings. The van der Waals surface area contributed by atoms with Gasteiger partial charge in [-0.25, -0.2) is 14.0 Å². The number of carbonyl (C=O) groups excluding carboxylic acids is 2. The Bertz CT molecular complexity index is 830. The lowest BCUT2D eigenvalue weighted by Crippen LogP contribution is -2.43. The molecular weight excluding hydrogens is 405 g/mol. The van der Waals surface area contributed by atoms with Crippen molar-refractivity contribution in [3.63, 3.8) is 0 Å². The van der Waals surface area contributed by atoms with Crippen LogP contribution in [0, 0.1) is 0 Å². The van der Waals surface area contributed by atoms with E-state index >= 15 is 0 Å². The third-order valence-electron chi connectivity index (χ3n) is 4.21. The molecule has 31 heavy (non-hydrogen) atoms. The number of hydrogen-bond donors (Lipinski definition) is 1.